The maximum Gasteiger partial charge on any atom is 0.222 e. The second-order valence-electron chi connectivity index (χ2n) is 7.45. The second-order valence-corrected chi connectivity index (χ2v) is 7.45. The van der Waals surface area contributed by atoms with E-state index in [0.717, 1.165) is 57.4 Å². The molecule has 0 bridgehead atoms. The van der Waals surface area contributed by atoms with E-state index in [2.05, 4.69) is 20.2 Å². The molecule has 0 amide bonds. The average molecular weight is 332 g/mol. The van der Waals surface area contributed by atoms with Gasteiger partial charge in [0, 0.05) is 57.9 Å². The number of hydrogen-bond acceptors (Lipinski definition) is 6. The summed E-state index contributed by atoms with van der Waals surface area (Å²) in [6.45, 7) is 7.86. The molecule has 6 heteroatoms. The van der Waals surface area contributed by atoms with Gasteiger partial charge in [-0.05, 0) is 44.1 Å². The molecule has 3 saturated heterocycles. The van der Waals surface area contributed by atoms with Gasteiger partial charge in [0.1, 0.15) is 0 Å². The lowest BCUT2D eigenvalue weighted by Crippen LogP contribution is -2.67. The summed E-state index contributed by atoms with van der Waals surface area (Å²) in [7, 11) is 0. The van der Waals surface area contributed by atoms with Crippen molar-refractivity contribution in [3.63, 3.8) is 0 Å². The topological polar surface area (TPSA) is 59.5 Å². The third-order valence-corrected chi connectivity index (χ3v) is 5.81. The summed E-state index contributed by atoms with van der Waals surface area (Å²) in [5.41, 5.74) is 1.19. The van der Waals surface area contributed by atoms with Gasteiger partial charge in [-0.25, -0.2) is 9.97 Å². The molecule has 6 nitrogen and oxygen atoms in total. The Morgan fingerprint density at radius 2 is 1.92 bits per heavy atom. The summed E-state index contributed by atoms with van der Waals surface area (Å²) in [5, 5.41) is 3.35. The summed E-state index contributed by atoms with van der Waals surface area (Å²) in [5.74, 6) is 1.37. The number of hydrogen-bond donors (Lipinski definition) is 1. The van der Waals surface area contributed by atoms with Crippen LogP contribution in [0.3, 0.4) is 0 Å². The summed E-state index contributed by atoms with van der Waals surface area (Å²) in [6, 6.07) is 0.702. The lowest BCUT2D eigenvalue weighted by molar-refractivity contribution is -0.156. The maximum absolute atomic E-state index is 6.20. The fourth-order valence-corrected chi connectivity index (χ4v) is 4.33. The van der Waals surface area contributed by atoms with E-state index in [-0.39, 0.29) is 5.60 Å². The van der Waals surface area contributed by atoms with Crippen molar-refractivity contribution in [1.29, 1.82) is 0 Å². The zero-order chi connectivity index (χ0) is 16.4. The minimum absolute atomic E-state index is 0.105. The van der Waals surface area contributed by atoms with Gasteiger partial charge in [-0.1, -0.05) is 0 Å². The zero-order valence-corrected chi connectivity index (χ0v) is 14.5. The van der Waals surface area contributed by atoms with Crippen molar-refractivity contribution in [2.24, 2.45) is 5.92 Å². The van der Waals surface area contributed by atoms with E-state index in [9.17, 15) is 0 Å². The number of rotatable bonds is 5. The van der Waals surface area contributed by atoms with Gasteiger partial charge < -0.3 is 14.8 Å². The zero-order valence-electron chi connectivity index (χ0n) is 14.5. The van der Waals surface area contributed by atoms with Crippen LogP contribution in [0.4, 0.5) is 5.95 Å². The Balaban J connectivity index is 1.26. The van der Waals surface area contributed by atoms with E-state index < -0.39 is 0 Å². The molecule has 0 unspecified atom stereocenters. The van der Waals surface area contributed by atoms with Crippen LogP contribution in [0.15, 0.2) is 12.4 Å². The molecule has 1 N–H and O–H groups in total. The van der Waals surface area contributed by atoms with Crippen molar-refractivity contribution in [3.8, 4) is 0 Å². The van der Waals surface area contributed by atoms with Gasteiger partial charge >= 0.3 is 0 Å². The number of anilines is 1. The first-order valence-electron chi connectivity index (χ1n) is 9.23. The molecule has 3 fully saturated rings. The summed E-state index contributed by atoms with van der Waals surface area (Å²) in [4.78, 5) is 11.2. The largest absolute Gasteiger partial charge is 0.381 e. The molecule has 4 heterocycles. The highest BCUT2D eigenvalue weighted by Crippen LogP contribution is 2.43. The quantitative estimate of drug-likeness (QED) is 0.888. The molecule has 1 atom stereocenters. The Kier molecular flexibility index (Phi) is 4.70. The van der Waals surface area contributed by atoms with Crippen LogP contribution in [0, 0.1) is 12.8 Å². The molecule has 0 aliphatic carbocycles. The third kappa shape index (κ3) is 3.27. The predicted molar refractivity (Wildman–Crippen MR) is 92.1 cm³/mol. The van der Waals surface area contributed by atoms with E-state index in [1.807, 2.05) is 19.3 Å². The summed E-state index contributed by atoms with van der Waals surface area (Å²) in [6.07, 6.45) is 8.36. The van der Waals surface area contributed by atoms with Gasteiger partial charge in [-0.15, -0.1) is 0 Å². The number of aryl methyl sites for hydroxylation is 1. The summed E-state index contributed by atoms with van der Waals surface area (Å²) >= 11 is 0. The van der Waals surface area contributed by atoms with Crippen LogP contribution in [0.1, 0.15) is 31.2 Å². The Morgan fingerprint density at radius 3 is 2.67 bits per heavy atom. The SMILES string of the molecule is Cc1cnc(NCC[C@@H]2CCOC23CN(C2CCOCC2)C3)nc1. The van der Waals surface area contributed by atoms with Gasteiger partial charge in [0.25, 0.3) is 0 Å². The molecule has 4 rings (SSSR count). The fourth-order valence-electron chi connectivity index (χ4n) is 4.33. The van der Waals surface area contributed by atoms with Crippen molar-refractivity contribution < 1.29 is 9.47 Å². The Morgan fingerprint density at radius 1 is 1.17 bits per heavy atom. The minimum Gasteiger partial charge on any atom is -0.381 e. The molecule has 1 aromatic rings. The fraction of sp³-hybridized carbons (Fsp3) is 0.778. The number of nitrogens with zero attached hydrogens (tertiary/aromatic N) is 3. The van der Waals surface area contributed by atoms with Crippen LogP contribution in [-0.2, 0) is 9.47 Å². The third-order valence-electron chi connectivity index (χ3n) is 5.81. The Bertz CT molecular complexity index is 538. The molecule has 1 spiro atoms. The highest BCUT2D eigenvalue weighted by molar-refractivity contribution is 5.24. The van der Waals surface area contributed by atoms with Gasteiger partial charge in [0.2, 0.25) is 5.95 Å². The maximum atomic E-state index is 6.20. The molecular formula is C18H28N4O2. The molecule has 0 radical (unpaired) electrons. The van der Waals surface area contributed by atoms with E-state index in [1.165, 1.54) is 19.3 Å². The van der Waals surface area contributed by atoms with E-state index in [0.29, 0.717) is 12.0 Å². The van der Waals surface area contributed by atoms with Gasteiger partial charge in [0.15, 0.2) is 0 Å². The molecular weight excluding hydrogens is 304 g/mol. The Hall–Kier alpha value is -1.24. The molecule has 3 aliphatic heterocycles. The van der Waals surface area contributed by atoms with Gasteiger partial charge in [0.05, 0.1) is 5.60 Å². The van der Waals surface area contributed by atoms with Crippen LogP contribution in [0.2, 0.25) is 0 Å². The Labute approximate surface area is 143 Å². The highest BCUT2D eigenvalue weighted by atomic mass is 16.5. The van der Waals surface area contributed by atoms with Crippen molar-refractivity contribution in [3.05, 3.63) is 18.0 Å². The lowest BCUT2D eigenvalue weighted by Gasteiger charge is -2.54. The van der Waals surface area contributed by atoms with Crippen molar-refractivity contribution >= 4 is 5.95 Å². The molecule has 0 saturated carbocycles. The van der Waals surface area contributed by atoms with Crippen LogP contribution in [0.25, 0.3) is 0 Å². The van der Waals surface area contributed by atoms with Gasteiger partial charge in [-0.3, -0.25) is 4.90 Å². The normalized spacial score (nSPS) is 27.3. The number of aromatic nitrogens is 2. The predicted octanol–water partition coefficient (Wildman–Crippen LogP) is 1.86. The van der Waals surface area contributed by atoms with Crippen LogP contribution in [-0.4, -0.2) is 66.0 Å². The van der Waals surface area contributed by atoms with Crippen LogP contribution in [0.5, 0.6) is 0 Å². The molecule has 3 aliphatic rings. The van der Waals surface area contributed by atoms with E-state index >= 15 is 0 Å². The van der Waals surface area contributed by atoms with Gasteiger partial charge in [-0.2, -0.15) is 0 Å². The first-order valence-corrected chi connectivity index (χ1v) is 9.23. The average Bonchev–Trinajstić information content (AvgIpc) is 3.00. The van der Waals surface area contributed by atoms with Crippen molar-refractivity contribution in [1.82, 2.24) is 14.9 Å². The van der Waals surface area contributed by atoms with Crippen molar-refractivity contribution in [2.45, 2.75) is 44.2 Å². The van der Waals surface area contributed by atoms with Crippen molar-refractivity contribution in [2.75, 3.05) is 44.8 Å². The van der Waals surface area contributed by atoms with Crippen LogP contribution < -0.4 is 5.32 Å². The van der Waals surface area contributed by atoms with Crippen LogP contribution >= 0.6 is 0 Å². The number of nitrogens with one attached hydrogen (secondary N) is 1. The summed E-state index contributed by atoms with van der Waals surface area (Å²) < 4.78 is 11.7. The van der Waals surface area contributed by atoms with E-state index in [1.54, 1.807) is 0 Å². The highest BCUT2D eigenvalue weighted by Gasteiger charge is 2.53. The standard InChI is InChI=1S/C18H28N4O2/c1-14-10-20-17(21-11-14)19-6-2-15-3-9-24-18(15)12-22(13-18)16-4-7-23-8-5-16/h10-11,15-16H,2-9,12-13H2,1H3,(H,19,20,21)/t15-/m1/s1. The first-order chi connectivity index (χ1) is 11.8. The number of ether oxygens (including phenoxy) is 2. The second kappa shape index (κ2) is 6.94. The molecule has 132 valence electrons. The monoisotopic (exact) mass is 332 g/mol. The number of likely N-dealkylation sites (tertiary alicyclic amines) is 1. The molecule has 0 aromatic carbocycles. The minimum atomic E-state index is 0.105. The molecule has 1 aromatic heterocycles. The van der Waals surface area contributed by atoms with E-state index in [4.69, 9.17) is 9.47 Å². The first kappa shape index (κ1) is 16.2. The molecule has 24 heavy (non-hydrogen) atoms. The lowest BCUT2D eigenvalue weighted by atomic mass is 9.77. The smallest absolute Gasteiger partial charge is 0.222 e.